The molecule has 0 atom stereocenters. The number of rotatable bonds is 7. The zero-order chi connectivity index (χ0) is 19.9. The van der Waals surface area contributed by atoms with Crippen molar-refractivity contribution in [3.63, 3.8) is 0 Å². The molecule has 1 amide bonds. The first-order valence-electron chi connectivity index (χ1n) is 9.28. The smallest absolute Gasteiger partial charge is 0.226 e. The van der Waals surface area contributed by atoms with Gasteiger partial charge in [-0.2, -0.15) is 0 Å². The number of nitrogens with zero attached hydrogens (tertiary/aromatic N) is 2. The van der Waals surface area contributed by atoms with E-state index < -0.39 is 0 Å². The maximum atomic E-state index is 12.4. The molecule has 0 aliphatic carbocycles. The van der Waals surface area contributed by atoms with Gasteiger partial charge in [-0.05, 0) is 24.3 Å². The number of benzene rings is 2. The Morgan fingerprint density at radius 2 is 1.75 bits per heavy atom. The second kappa shape index (κ2) is 9.21. The predicted octanol–water partition coefficient (Wildman–Crippen LogP) is 2.53. The first-order valence-corrected chi connectivity index (χ1v) is 9.28. The quantitative estimate of drug-likeness (QED) is 0.789. The summed E-state index contributed by atoms with van der Waals surface area (Å²) in [5.74, 6) is 2.04. The fourth-order valence-corrected chi connectivity index (χ4v) is 3.23. The number of aromatic hydroxyl groups is 1. The lowest BCUT2D eigenvalue weighted by Gasteiger charge is -2.36. The minimum Gasteiger partial charge on any atom is -0.504 e. The zero-order valence-corrected chi connectivity index (χ0v) is 16.3. The molecule has 3 rings (SSSR count). The molecule has 28 heavy (non-hydrogen) atoms. The van der Waals surface area contributed by atoms with E-state index in [4.69, 9.17) is 14.2 Å². The molecular weight excluding hydrogens is 360 g/mol. The largest absolute Gasteiger partial charge is 0.504 e. The van der Waals surface area contributed by atoms with Crippen LogP contribution >= 0.6 is 0 Å². The fraction of sp³-hybridized carbons (Fsp3) is 0.381. The number of carbonyl (C=O) groups is 1. The average Bonchev–Trinajstić information content (AvgIpc) is 2.74. The molecule has 2 aromatic carbocycles. The molecule has 0 saturated carbocycles. The molecule has 1 heterocycles. The summed E-state index contributed by atoms with van der Waals surface area (Å²) in [6, 6.07) is 12.5. The molecule has 0 radical (unpaired) electrons. The van der Waals surface area contributed by atoms with Gasteiger partial charge in [0.1, 0.15) is 11.5 Å². The van der Waals surface area contributed by atoms with Crippen LogP contribution in [0.5, 0.6) is 23.0 Å². The number of piperazine rings is 1. The Morgan fingerprint density at radius 3 is 2.43 bits per heavy atom. The van der Waals surface area contributed by atoms with Crippen LogP contribution in [0.3, 0.4) is 0 Å². The van der Waals surface area contributed by atoms with Crippen LogP contribution < -0.4 is 19.1 Å². The Balaban J connectivity index is 1.49. The third kappa shape index (κ3) is 4.60. The maximum absolute atomic E-state index is 12.4. The summed E-state index contributed by atoms with van der Waals surface area (Å²) >= 11 is 0. The summed E-state index contributed by atoms with van der Waals surface area (Å²) in [7, 11) is 3.27. The average molecular weight is 386 g/mol. The van der Waals surface area contributed by atoms with Gasteiger partial charge in [0.05, 0.1) is 32.9 Å². The summed E-state index contributed by atoms with van der Waals surface area (Å²) in [4.78, 5) is 16.5. The van der Waals surface area contributed by atoms with Crippen LogP contribution in [0.15, 0.2) is 42.5 Å². The van der Waals surface area contributed by atoms with Gasteiger partial charge in [0.2, 0.25) is 5.91 Å². The van der Waals surface area contributed by atoms with E-state index in [0.29, 0.717) is 18.8 Å². The van der Waals surface area contributed by atoms with Gasteiger partial charge in [-0.15, -0.1) is 0 Å². The van der Waals surface area contributed by atoms with E-state index >= 15 is 0 Å². The normalized spacial score (nSPS) is 13.9. The van der Waals surface area contributed by atoms with Gasteiger partial charge < -0.3 is 29.1 Å². The minimum atomic E-state index is 0.0526. The lowest BCUT2D eigenvalue weighted by molar-refractivity contribution is -0.132. The summed E-state index contributed by atoms with van der Waals surface area (Å²) in [6.07, 6.45) is 0.278. The Labute approximate surface area is 165 Å². The van der Waals surface area contributed by atoms with Crippen LogP contribution in [-0.2, 0) is 4.79 Å². The number of hydrogen-bond donors (Lipinski definition) is 1. The van der Waals surface area contributed by atoms with Crippen LogP contribution in [0.1, 0.15) is 6.42 Å². The van der Waals surface area contributed by atoms with Gasteiger partial charge in [0.25, 0.3) is 0 Å². The van der Waals surface area contributed by atoms with E-state index in [2.05, 4.69) is 4.90 Å². The number of carbonyl (C=O) groups excluding carboxylic acids is 1. The second-order valence-corrected chi connectivity index (χ2v) is 6.47. The molecule has 0 unspecified atom stereocenters. The number of phenolic OH excluding ortho intramolecular Hbond substituents is 1. The first kappa shape index (κ1) is 19.7. The van der Waals surface area contributed by atoms with Crippen molar-refractivity contribution in [1.29, 1.82) is 0 Å². The number of amides is 1. The molecular formula is C21H26N2O5. The van der Waals surface area contributed by atoms with E-state index in [1.807, 2.05) is 23.1 Å². The topological polar surface area (TPSA) is 71.5 Å². The standard InChI is InChI=1S/C21H26N2O5/c1-26-16-7-8-17(20(15-16)27-2)22-10-12-23(13-11-22)21(25)9-14-28-19-6-4-3-5-18(19)24/h3-8,15,24H,9-14H2,1-2H3. The lowest BCUT2D eigenvalue weighted by atomic mass is 10.2. The summed E-state index contributed by atoms with van der Waals surface area (Å²) in [5.41, 5.74) is 0.998. The third-order valence-electron chi connectivity index (χ3n) is 4.80. The van der Waals surface area contributed by atoms with E-state index in [9.17, 15) is 9.90 Å². The molecule has 2 aromatic rings. The number of ether oxygens (including phenoxy) is 3. The van der Waals surface area contributed by atoms with Gasteiger partial charge in [-0.25, -0.2) is 0 Å². The Hall–Kier alpha value is -3.09. The van der Waals surface area contributed by atoms with Crippen LogP contribution in [0.25, 0.3) is 0 Å². The monoisotopic (exact) mass is 386 g/mol. The summed E-state index contributed by atoms with van der Waals surface area (Å²) in [5, 5.41) is 9.69. The van der Waals surface area contributed by atoms with Crippen LogP contribution in [0.2, 0.25) is 0 Å². The molecule has 150 valence electrons. The van der Waals surface area contributed by atoms with Crippen molar-refractivity contribution in [2.24, 2.45) is 0 Å². The van der Waals surface area contributed by atoms with Crippen molar-refractivity contribution in [1.82, 2.24) is 4.90 Å². The molecule has 1 aliphatic rings. The highest BCUT2D eigenvalue weighted by Gasteiger charge is 2.23. The Morgan fingerprint density at radius 1 is 1.00 bits per heavy atom. The highest BCUT2D eigenvalue weighted by atomic mass is 16.5. The first-order chi connectivity index (χ1) is 13.6. The highest BCUT2D eigenvalue weighted by Crippen LogP contribution is 2.32. The second-order valence-electron chi connectivity index (χ2n) is 6.47. The molecule has 1 aliphatic heterocycles. The minimum absolute atomic E-state index is 0.0526. The molecule has 7 heteroatoms. The van der Waals surface area contributed by atoms with Gasteiger partial charge in [0, 0.05) is 32.2 Å². The predicted molar refractivity (Wildman–Crippen MR) is 107 cm³/mol. The number of anilines is 1. The van der Waals surface area contributed by atoms with Crippen molar-refractivity contribution >= 4 is 11.6 Å². The molecule has 0 aromatic heterocycles. The molecule has 1 saturated heterocycles. The molecule has 0 spiro atoms. The summed E-state index contributed by atoms with van der Waals surface area (Å²) < 4.78 is 16.2. The van der Waals surface area contributed by atoms with E-state index in [1.54, 1.807) is 38.5 Å². The van der Waals surface area contributed by atoms with E-state index in [-0.39, 0.29) is 24.7 Å². The van der Waals surface area contributed by atoms with Crippen molar-refractivity contribution in [2.75, 3.05) is 51.9 Å². The van der Waals surface area contributed by atoms with Crippen LogP contribution in [-0.4, -0.2) is 62.9 Å². The van der Waals surface area contributed by atoms with E-state index in [0.717, 1.165) is 30.3 Å². The molecule has 1 fully saturated rings. The number of para-hydroxylation sites is 2. The van der Waals surface area contributed by atoms with Crippen molar-refractivity contribution < 1.29 is 24.1 Å². The molecule has 7 nitrogen and oxygen atoms in total. The van der Waals surface area contributed by atoms with Gasteiger partial charge >= 0.3 is 0 Å². The SMILES string of the molecule is COc1ccc(N2CCN(C(=O)CCOc3ccccc3O)CC2)c(OC)c1. The Bertz CT molecular complexity index is 803. The van der Waals surface area contributed by atoms with Crippen molar-refractivity contribution in [3.8, 4) is 23.0 Å². The van der Waals surface area contributed by atoms with Crippen molar-refractivity contribution in [3.05, 3.63) is 42.5 Å². The highest BCUT2D eigenvalue weighted by molar-refractivity contribution is 5.76. The van der Waals surface area contributed by atoms with Crippen LogP contribution in [0.4, 0.5) is 5.69 Å². The molecule has 1 N–H and O–H groups in total. The number of hydrogen-bond acceptors (Lipinski definition) is 6. The van der Waals surface area contributed by atoms with E-state index in [1.165, 1.54) is 0 Å². The van der Waals surface area contributed by atoms with Gasteiger partial charge in [0.15, 0.2) is 11.5 Å². The summed E-state index contributed by atoms with van der Waals surface area (Å²) in [6.45, 7) is 2.99. The fourth-order valence-electron chi connectivity index (χ4n) is 3.23. The van der Waals surface area contributed by atoms with Crippen LogP contribution in [0, 0.1) is 0 Å². The van der Waals surface area contributed by atoms with Gasteiger partial charge in [-0.1, -0.05) is 12.1 Å². The zero-order valence-electron chi connectivity index (χ0n) is 16.3. The third-order valence-corrected chi connectivity index (χ3v) is 4.80. The van der Waals surface area contributed by atoms with Crippen molar-refractivity contribution in [2.45, 2.75) is 6.42 Å². The number of methoxy groups -OCH3 is 2. The van der Waals surface area contributed by atoms with Gasteiger partial charge in [-0.3, -0.25) is 4.79 Å². The maximum Gasteiger partial charge on any atom is 0.226 e. The Kier molecular flexibility index (Phi) is 6.47. The lowest BCUT2D eigenvalue weighted by Crippen LogP contribution is -2.49. The molecule has 0 bridgehead atoms. The number of phenols is 1.